The van der Waals surface area contributed by atoms with Gasteiger partial charge in [-0.05, 0) is 24.3 Å². The third-order valence-corrected chi connectivity index (χ3v) is 4.03. The molecule has 5 rings (SSSR count). The molecule has 0 spiro atoms. The van der Waals surface area contributed by atoms with Crippen LogP contribution in [0.4, 0.5) is 0 Å². The van der Waals surface area contributed by atoms with Crippen LogP contribution >= 0.6 is 0 Å². The summed E-state index contributed by atoms with van der Waals surface area (Å²) in [5.74, 6) is 0. The average molecular weight is 268 g/mol. The van der Waals surface area contributed by atoms with Crippen molar-refractivity contribution in [2.45, 2.75) is 0 Å². The Labute approximate surface area is 121 Å². The minimum Gasteiger partial charge on any atom is -0.456 e. The zero-order valence-corrected chi connectivity index (χ0v) is 11.1. The molecule has 2 aromatic heterocycles. The molecular formula is C18H9BO2. The minimum atomic E-state index is 0.726. The lowest BCUT2D eigenvalue weighted by molar-refractivity contribution is 0.663. The topological polar surface area (TPSA) is 26.3 Å². The molecule has 21 heavy (non-hydrogen) atoms. The van der Waals surface area contributed by atoms with Crippen molar-refractivity contribution in [3.05, 3.63) is 54.6 Å². The highest BCUT2D eigenvalue weighted by molar-refractivity contribution is 6.43. The maximum absolute atomic E-state index is 6.18. The van der Waals surface area contributed by atoms with E-state index in [1.807, 2.05) is 48.5 Å². The number of rotatable bonds is 0. The third kappa shape index (κ3) is 1.33. The van der Waals surface area contributed by atoms with E-state index in [0.29, 0.717) is 0 Å². The van der Waals surface area contributed by atoms with Crippen LogP contribution in [0.5, 0.6) is 0 Å². The molecule has 3 heteroatoms. The van der Waals surface area contributed by atoms with Gasteiger partial charge in [-0.2, -0.15) is 0 Å². The molecule has 0 saturated carbocycles. The number of para-hydroxylation sites is 1. The van der Waals surface area contributed by atoms with Crippen molar-refractivity contribution in [3.63, 3.8) is 0 Å². The minimum absolute atomic E-state index is 0.726. The zero-order chi connectivity index (χ0) is 14.0. The Bertz CT molecular complexity index is 1150. The monoisotopic (exact) mass is 268 g/mol. The molecule has 0 aliphatic heterocycles. The molecule has 0 saturated heterocycles. The summed E-state index contributed by atoms with van der Waals surface area (Å²) in [5, 5.41) is 4.15. The summed E-state index contributed by atoms with van der Waals surface area (Å²) in [7, 11) is 6.18. The molecule has 2 heterocycles. The molecule has 3 aromatic carbocycles. The summed E-state index contributed by atoms with van der Waals surface area (Å²) in [6.07, 6.45) is 0. The Balaban J connectivity index is 2.19. The van der Waals surface area contributed by atoms with E-state index in [2.05, 4.69) is 6.07 Å². The van der Waals surface area contributed by atoms with Gasteiger partial charge in [0.05, 0.1) is 0 Å². The first-order valence-electron chi connectivity index (χ1n) is 6.84. The Hall–Kier alpha value is -2.68. The molecule has 0 N–H and O–H groups in total. The first-order chi connectivity index (χ1) is 10.3. The van der Waals surface area contributed by atoms with Gasteiger partial charge in [-0.1, -0.05) is 35.8 Å². The molecule has 0 unspecified atom stereocenters. The van der Waals surface area contributed by atoms with Crippen LogP contribution in [0, 0.1) is 0 Å². The van der Waals surface area contributed by atoms with E-state index in [0.717, 1.165) is 49.3 Å². The lowest BCUT2D eigenvalue weighted by atomic mass is 9.90. The highest BCUT2D eigenvalue weighted by atomic mass is 16.3. The predicted octanol–water partition coefficient (Wildman–Crippen LogP) is 4.28. The average Bonchev–Trinajstić information content (AvgIpc) is 3.04. The molecule has 0 bridgehead atoms. The predicted molar refractivity (Wildman–Crippen MR) is 86.4 cm³/mol. The van der Waals surface area contributed by atoms with Gasteiger partial charge in [0.2, 0.25) is 0 Å². The zero-order valence-electron chi connectivity index (χ0n) is 11.1. The second-order valence-electron chi connectivity index (χ2n) is 5.23. The Kier molecular flexibility index (Phi) is 1.94. The van der Waals surface area contributed by atoms with Crippen molar-refractivity contribution in [2.24, 2.45) is 0 Å². The summed E-state index contributed by atoms with van der Waals surface area (Å²) in [6.45, 7) is 0. The second kappa shape index (κ2) is 3.70. The summed E-state index contributed by atoms with van der Waals surface area (Å²) >= 11 is 0. The van der Waals surface area contributed by atoms with Gasteiger partial charge >= 0.3 is 0 Å². The Morgan fingerprint density at radius 3 is 2.14 bits per heavy atom. The number of hydrogen-bond donors (Lipinski definition) is 0. The van der Waals surface area contributed by atoms with Crippen molar-refractivity contribution >= 4 is 57.2 Å². The normalized spacial score (nSPS) is 12.0. The first-order valence-corrected chi connectivity index (χ1v) is 6.84. The highest BCUT2D eigenvalue weighted by Crippen LogP contribution is 2.38. The summed E-state index contributed by atoms with van der Waals surface area (Å²) < 4.78 is 11.9. The van der Waals surface area contributed by atoms with Gasteiger partial charge in [0.1, 0.15) is 30.2 Å². The fourth-order valence-electron chi connectivity index (χ4n) is 3.15. The van der Waals surface area contributed by atoms with Crippen LogP contribution in [0.25, 0.3) is 43.9 Å². The maximum atomic E-state index is 6.18. The van der Waals surface area contributed by atoms with Crippen LogP contribution in [0.2, 0.25) is 0 Å². The van der Waals surface area contributed by atoms with Crippen LogP contribution in [0.3, 0.4) is 0 Å². The molecule has 0 atom stereocenters. The van der Waals surface area contributed by atoms with E-state index in [-0.39, 0.29) is 0 Å². The van der Waals surface area contributed by atoms with Gasteiger partial charge in [-0.15, -0.1) is 0 Å². The lowest BCUT2D eigenvalue weighted by Gasteiger charge is -1.96. The fraction of sp³-hybridized carbons (Fsp3) is 0. The van der Waals surface area contributed by atoms with E-state index in [9.17, 15) is 0 Å². The molecule has 0 fully saturated rings. The number of benzene rings is 3. The largest absolute Gasteiger partial charge is 0.456 e. The second-order valence-corrected chi connectivity index (χ2v) is 5.23. The van der Waals surface area contributed by atoms with Gasteiger partial charge in [0, 0.05) is 21.5 Å². The molecule has 5 aromatic rings. The summed E-state index contributed by atoms with van der Waals surface area (Å²) in [6, 6.07) is 17.7. The van der Waals surface area contributed by atoms with Gasteiger partial charge in [0.25, 0.3) is 0 Å². The van der Waals surface area contributed by atoms with Crippen molar-refractivity contribution in [3.8, 4) is 0 Å². The van der Waals surface area contributed by atoms with Crippen LogP contribution in [-0.2, 0) is 0 Å². The first kappa shape index (κ1) is 11.0. The Morgan fingerprint density at radius 1 is 0.571 bits per heavy atom. The lowest BCUT2D eigenvalue weighted by Crippen LogP contribution is -2.01. The van der Waals surface area contributed by atoms with Crippen molar-refractivity contribution < 1.29 is 8.83 Å². The molecule has 0 aliphatic rings. The van der Waals surface area contributed by atoms with Crippen molar-refractivity contribution in [2.75, 3.05) is 0 Å². The standard InChI is InChI=1S/C18H9BO2/c19-11-5-3-7-13-17(11)18-15(21-13)9-8-14-16(18)10-4-1-2-6-12(10)20-14/h1-9H. The Morgan fingerprint density at radius 2 is 1.24 bits per heavy atom. The van der Waals surface area contributed by atoms with Crippen LogP contribution in [-0.4, -0.2) is 7.85 Å². The van der Waals surface area contributed by atoms with Crippen LogP contribution in [0.1, 0.15) is 0 Å². The van der Waals surface area contributed by atoms with Crippen LogP contribution in [0.15, 0.2) is 63.4 Å². The fourth-order valence-corrected chi connectivity index (χ4v) is 3.15. The third-order valence-electron chi connectivity index (χ3n) is 4.03. The van der Waals surface area contributed by atoms with E-state index in [1.54, 1.807) is 0 Å². The molecule has 0 amide bonds. The molecule has 2 radical (unpaired) electrons. The smallest absolute Gasteiger partial charge is 0.136 e. The molecule has 2 nitrogen and oxygen atoms in total. The quantitative estimate of drug-likeness (QED) is 0.392. The SMILES string of the molecule is [B]c1cccc2oc3ccc4oc5ccccc5c4c3c12. The van der Waals surface area contributed by atoms with Gasteiger partial charge in [-0.25, -0.2) is 0 Å². The van der Waals surface area contributed by atoms with Crippen molar-refractivity contribution in [1.29, 1.82) is 0 Å². The highest BCUT2D eigenvalue weighted by Gasteiger charge is 2.16. The van der Waals surface area contributed by atoms with E-state index >= 15 is 0 Å². The molecular weight excluding hydrogens is 259 g/mol. The van der Waals surface area contributed by atoms with Gasteiger partial charge in [0.15, 0.2) is 0 Å². The van der Waals surface area contributed by atoms with Crippen LogP contribution < -0.4 is 5.46 Å². The molecule has 0 aliphatic carbocycles. The number of furan rings is 2. The summed E-state index contributed by atoms with van der Waals surface area (Å²) in [5.41, 5.74) is 4.10. The van der Waals surface area contributed by atoms with Crippen molar-refractivity contribution in [1.82, 2.24) is 0 Å². The van der Waals surface area contributed by atoms with E-state index in [1.165, 1.54) is 0 Å². The number of hydrogen-bond acceptors (Lipinski definition) is 2. The maximum Gasteiger partial charge on any atom is 0.136 e. The van der Waals surface area contributed by atoms with E-state index < -0.39 is 0 Å². The van der Waals surface area contributed by atoms with E-state index in [4.69, 9.17) is 16.7 Å². The summed E-state index contributed by atoms with van der Waals surface area (Å²) in [4.78, 5) is 0. The van der Waals surface area contributed by atoms with Gasteiger partial charge in [-0.3, -0.25) is 0 Å². The number of fused-ring (bicyclic) bond motifs is 7. The molecule has 96 valence electrons. The van der Waals surface area contributed by atoms with Gasteiger partial charge < -0.3 is 8.83 Å².